The lowest BCUT2D eigenvalue weighted by atomic mass is 9.83. The van der Waals surface area contributed by atoms with Crippen molar-refractivity contribution >= 4 is 17.5 Å². The lowest BCUT2D eigenvalue weighted by Gasteiger charge is -2.21. The van der Waals surface area contributed by atoms with Crippen molar-refractivity contribution in [2.45, 2.75) is 39.7 Å². The summed E-state index contributed by atoms with van der Waals surface area (Å²) in [5.74, 6) is -0.905. The fraction of sp³-hybridized carbons (Fsp3) is 0.370. The first-order valence-corrected chi connectivity index (χ1v) is 12.0. The topological polar surface area (TPSA) is 104 Å². The molecule has 184 valence electrons. The predicted octanol–water partition coefficient (Wildman–Crippen LogP) is 3.82. The highest BCUT2D eigenvalue weighted by atomic mass is 19.1. The molecule has 0 bridgehead atoms. The molecule has 5 rings (SSSR count). The van der Waals surface area contributed by atoms with Gasteiger partial charge in [0.05, 0.1) is 17.5 Å². The lowest BCUT2D eigenvalue weighted by molar-refractivity contribution is -0.123. The van der Waals surface area contributed by atoms with Crippen molar-refractivity contribution in [2.75, 3.05) is 11.4 Å². The second kappa shape index (κ2) is 8.86. The molecule has 9 heteroatoms. The Morgan fingerprint density at radius 2 is 1.97 bits per heavy atom. The Kier molecular flexibility index (Phi) is 5.83. The fourth-order valence-electron chi connectivity index (χ4n) is 5.11. The second-order valence-corrected chi connectivity index (χ2v) is 9.74. The number of benzene rings is 1. The van der Waals surface area contributed by atoms with E-state index in [0.717, 1.165) is 24.2 Å². The minimum Gasteiger partial charge on any atom is -0.347 e. The summed E-state index contributed by atoms with van der Waals surface area (Å²) in [5, 5.41) is 16.9. The van der Waals surface area contributed by atoms with Gasteiger partial charge in [-0.1, -0.05) is 0 Å². The zero-order chi connectivity index (χ0) is 25.6. The van der Waals surface area contributed by atoms with Crippen molar-refractivity contribution in [2.24, 2.45) is 18.4 Å². The van der Waals surface area contributed by atoms with Crippen LogP contribution in [0, 0.1) is 42.3 Å². The van der Waals surface area contributed by atoms with E-state index in [1.54, 1.807) is 35.7 Å². The van der Waals surface area contributed by atoms with Crippen molar-refractivity contribution in [3.8, 4) is 17.3 Å². The van der Waals surface area contributed by atoms with Gasteiger partial charge < -0.3 is 10.2 Å². The number of anilines is 1. The molecule has 1 saturated heterocycles. The third kappa shape index (κ3) is 4.24. The Morgan fingerprint density at radius 1 is 1.19 bits per heavy atom. The van der Waals surface area contributed by atoms with E-state index in [1.165, 1.54) is 12.1 Å². The van der Waals surface area contributed by atoms with E-state index in [1.807, 2.05) is 19.1 Å². The molecule has 2 fully saturated rings. The maximum atomic E-state index is 14.4. The number of hydrogen-bond donors (Lipinski definition) is 1. The molecule has 0 spiro atoms. The van der Waals surface area contributed by atoms with Gasteiger partial charge in [0.15, 0.2) is 0 Å². The van der Waals surface area contributed by atoms with Crippen LogP contribution in [0.5, 0.6) is 0 Å². The van der Waals surface area contributed by atoms with E-state index in [0.29, 0.717) is 35.5 Å². The quantitative estimate of drug-likeness (QED) is 0.570. The molecule has 3 aromatic rings. The van der Waals surface area contributed by atoms with Crippen LogP contribution in [0.2, 0.25) is 0 Å². The Labute approximate surface area is 208 Å². The minimum atomic E-state index is -0.957. The van der Waals surface area contributed by atoms with Gasteiger partial charge in [-0.3, -0.25) is 14.3 Å². The number of nitrogens with one attached hydrogen (secondary N) is 1. The molecule has 1 N–H and O–H groups in total. The van der Waals surface area contributed by atoms with Crippen molar-refractivity contribution in [1.29, 1.82) is 5.26 Å². The molecule has 0 radical (unpaired) electrons. The van der Waals surface area contributed by atoms with Crippen molar-refractivity contribution in [3.05, 3.63) is 64.9 Å². The van der Waals surface area contributed by atoms with Gasteiger partial charge in [-0.05, 0) is 81.0 Å². The maximum absolute atomic E-state index is 14.4. The van der Waals surface area contributed by atoms with Crippen LogP contribution in [0.3, 0.4) is 0 Å². The number of carbonyl (C=O) groups excluding carboxylic acids is 2. The van der Waals surface area contributed by atoms with Gasteiger partial charge in [-0.25, -0.2) is 9.37 Å². The first-order chi connectivity index (χ1) is 17.2. The van der Waals surface area contributed by atoms with Gasteiger partial charge in [-0.2, -0.15) is 10.4 Å². The summed E-state index contributed by atoms with van der Waals surface area (Å²) in [5.41, 5.74) is 3.23. The molecule has 1 aliphatic carbocycles. The Hall–Kier alpha value is -4.06. The summed E-state index contributed by atoms with van der Waals surface area (Å²) >= 11 is 0. The molecule has 1 atom stereocenters. The third-order valence-electron chi connectivity index (χ3n) is 7.02. The SMILES string of the molecule is Cc1cc(N2CC[C@@](C#N)(C3CC3)C2=O)cc(C(=O)NCc2cc(F)cc(-c3cc(C)nn3C)c2)n1. The van der Waals surface area contributed by atoms with Crippen molar-refractivity contribution in [3.63, 3.8) is 0 Å². The highest BCUT2D eigenvalue weighted by molar-refractivity contribution is 6.03. The zero-order valence-electron chi connectivity index (χ0n) is 20.5. The summed E-state index contributed by atoms with van der Waals surface area (Å²) in [4.78, 5) is 32.1. The Balaban J connectivity index is 1.34. The second-order valence-electron chi connectivity index (χ2n) is 9.74. The molecule has 36 heavy (non-hydrogen) atoms. The fourth-order valence-corrected chi connectivity index (χ4v) is 5.11. The number of rotatable bonds is 6. The highest BCUT2D eigenvalue weighted by Gasteiger charge is 2.56. The maximum Gasteiger partial charge on any atom is 0.270 e. The van der Waals surface area contributed by atoms with Gasteiger partial charge in [0, 0.05) is 37.1 Å². The van der Waals surface area contributed by atoms with Crippen LogP contribution in [0.15, 0.2) is 36.4 Å². The van der Waals surface area contributed by atoms with Gasteiger partial charge >= 0.3 is 0 Å². The average molecular weight is 487 g/mol. The summed E-state index contributed by atoms with van der Waals surface area (Å²) in [6, 6.07) is 12.1. The standard InChI is InChI=1S/C27H27FN6O2/c1-16-8-22(34-7-6-27(15-29,26(34)36)20-4-5-20)13-23(31-16)25(35)30-14-18-10-19(12-21(28)11-18)24-9-17(2)32-33(24)3/h8-13,20H,4-7,14H2,1-3H3,(H,30,35)/t27-/m1/s1. The number of carbonyl (C=O) groups is 2. The summed E-state index contributed by atoms with van der Waals surface area (Å²) in [6.07, 6.45) is 2.30. The first-order valence-electron chi connectivity index (χ1n) is 12.0. The van der Waals surface area contributed by atoms with Crippen LogP contribution >= 0.6 is 0 Å². The summed E-state index contributed by atoms with van der Waals surface area (Å²) in [6.45, 7) is 4.17. The van der Waals surface area contributed by atoms with Crippen LogP contribution in [0.1, 0.15) is 46.7 Å². The Bertz CT molecular complexity index is 1420. The normalized spacial score (nSPS) is 19.4. The van der Waals surface area contributed by atoms with E-state index in [4.69, 9.17) is 0 Å². The van der Waals surface area contributed by atoms with Gasteiger partial charge in [0.1, 0.15) is 16.9 Å². The van der Waals surface area contributed by atoms with Gasteiger partial charge in [0.2, 0.25) is 5.91 Å². The number of hydrogen-bond acceptors (Lipinski definition) is 5. The van der Waals surface area contributed by atoms with Crippen molar-refractivity contribution < 1.29 is 14.0 Å². The highest BCUT2D eigenvalue weighted by Crippen LogP contribution is 2.51. The van der Waals surface area contributed by atoms with Crippen LogP contribution < -0.4 is 10.2 Å². The molecule has 2 amide bonds. The molecule has 3 heterocycles. The van der Waals surface area contributed by atoms with E-state index in [-0.39, 0.29) is 24.1 Å². The molecule has 1 saturated carbocycles. The lowest BCUT2D eigenvalue weighted by Crippen LogP contribution is -2.35. The molecule has 2 aromatic heterocycles. The van der Waals surface area contributed by atoms with Crippen LogP contribution in [-0.4, -0.2) is 33.1 Å². The van der Waals surface area contributed by atoms with Crippen LogP contribution in [-0.2, 0) is 18.4 Å². The number of nitriles is 1. The van der Waals surface area contributed by atoms with Crippen LogP contribution in [0.4, 0.5) is 10.1 Å². The number of aromatic nitrogens is 3. The number of amides is 2. The summed E-state index contributed by atoms with van der Waals surface area (Å²) < 4.78 is 16.0. The summed E-state index contributed by atoms with van der Waals surface area (Å²) in [7, 11) is 1.80. The van der Waals surface area contributed by atoms with Crippen LogP contribution in [0.25, 0.3) is 11.3 Å². The molecule has 1 aromatic carbocycles. The number of pyridine rings is 1. The molecule has 1 aliphatic heterocycles. The number of nitrogens with zero attached hydrogens (tertiary/aromatic N) is 5. The van der Waals surface area contributed by atoms with Gasteiger partial charge in [0.25, 0.3) is 5.91 Å². The van der Waals surface area contributed by atoms with E-state index < -0.39 is 17.1 Å². The molecule has 0 unspecified atom stereocenters. The predicted molar refractivity (Wildman–Crippen MR) is 131 cm³/mol. The van der Waals surface area contributed by atoms with Crippen molar-refractivity contribution in [1.82, 2.24) is 20.1 Å². The van der Waals surface area contributed by atoms with E-state index >= 15 is 0 Å². The average Bonchev–Trinajstić information content (AvgIpc) is 3.56. The monoisotopic (exact) mass is 486 g/mol. The molecular weight excluding hydrogens is 459 g/mol. The first kappa shape index (κ1) is 23.7. The van der Waals surface area contributed by atoms with E-state index in [9.17, 15) is 19.2 Å². The Morgan fingerprint density at radius 3 is 2.64 bits per heavy atom. The number of aryl methyl sites for hydroxylation is 3. The largest absolute Gasteiger partial charge is 0.347 e. The molecule has 2 aliphatic rings. The number of halogens is 1. The smallest absolute Gasteiger partial charge is 0.270 e. The zero-order valence-corrected chi connectivity index (χ0v) is 20.5. The minimum absolute atomic E-state index is 0.104. The molecular formula is C27H27FN6O2. The van der Waals surface area contributed by atoms with Gasteiger partial charge in [-0.15, -0.1) is 0 Å². The molecule has 8 nitrogen and oxygen atoms in total. The van der Waals surface area contributed by atoms with E-state index in [2.05, 4.69) is 21.5 Å². The third-order valence-corrected chi connectivity index (χ3v) is 7.02.